The third-order valence-corrected chi connectivity index (χ3v) is 3.05. The Morgan fingerprint density at radius 1 is 1.53 bits per heavy atom. The minimum atomic E-state index is -0.340. The number of nitrogens with one attached hydrogen (secondary N) is 1. The molecule has 1 aromatic heterocycles. The summed E-state index contributed by atoms with van der Waals surface area (Å²) in [4.78, 5) is 11.8. The van der Waals surface area contributed by atoms with Gasteiger partial charge >= 0.3 is 0 Å². The molecule has 0 aliphatic carbocycles. The van der Waals surface area contributed by atoms with Crippen LogP contribution in [0.4, 0.5) is 0 Å². The van der Waals surface area contributed by atoms with Crippen LogP contribution in [-0.4, -0.2) is 39.2 Å². The Morgan fingerprint density at radius 2 is 2.32 bits per heavy atom. The maximum absolute atomic E-state index is 11.8. The molecule has 1 amide bonds. The van der Waals surface area contributed by atoms with Crippen molar-refractivity contribution in [3.8, 4) is 5.69 Å². The molecule has 0 unspecified atom stereocenters. The zero-order chi connectivity index (χ0) is 13.8. The third-order valence-electron chi connectivity index (χ3n) is 2.56. The molecule has 0 atom stereocenters. The van der Waals surface area contributed by atoms with E-state index in [0.717, 1.165) is 10.2 Å². The Labute approximate surface area is 118 Å². The molecular weight excluding hydrogens is 312 g/mol. The van der Waals surface area contributed by atoms with Crippen LogP contribution in [-0.2, 0) is 0 Å². The molecule has 2 aromatic rings. The van der Waals surface area contributed by atoms with Crippen LogP contribution >= 0.6 is 15.9 Å². The van der Waals surface area contributed by atoms with Gasteiger partial charge in [0.2, 0.25) is 0 Å². The van der Waals surface area contributed by atoms with E-state index >= 15 is 0 Å². The number of rotatable bonds is 4. The standard InChI is InChI=1S/C12H13BrN4O2/c1-8-11(12(19)14-5-6-18)15-16-17(8)10-4-2-3-9(13)7-10/h2-4,7,18H,5-6H2,1H3,(H,14,19). The lowest BCUT2D eigenvalue weighted by molar-refractivity contribution is 0.0939. The van der Waals surface area contributed by atoms with E-state index < -0.39 is 0 Å². The number of aromatic nitrogens is 3. The normalized spacial score (nSPS) is 10.5. The molecule has 0 spiro atoms. The average Bonchev–Trinajstić information content (AvgIpc) is 2.78. The largest absolute Gasteiger partial charge is 0.395 e. The number of halogens is 1. The van der Waals surface area contributed by atoms with Crippen LogP contribution in [0.1, 0.15) is 16.2 Å². The van der Waals surface area contributed by atoms with Gasteiger partial charge in [-0.05, 0) is 25.1 Å². The minimum absolute atomic E-state index is 0.107. The van der Waals surface area contributed by atoms with E-state index in [1.807, 2.05) is 24.3 Å². The van der Waals surface area contributed by atoms with Crippen molar-refractivity contribution in [2.45, 2.75) is 6.92 Å². The second kappa shape index (κ2) is 5.94. The summed E-state index contributed by atoms with van der Waals surface area (Å²) in [6.45, 7) is 1.86. The average molecular weight is 325 g/mol. The van der Waals surface area contributed by atoms with Gasteiger partial charge in [0.05, 0.1) is 18.0 Å². The summed E-state index contributed by atoms with van der Waals surface area (Å²) < 4.78 is 2.52. The van der Waals surface area contributed by atoms with Crippen LogP contribution < -0.4 is 5.32 Å². The van der Waals surface area contributed by atoms with Gasteiger partial charge in [-0.15, -0.1) is 5.10 Å². The van der Waals surface area contributed by atoms with E-state index in [-0.39, 0.29) is 24.8 Å². The minimum Gasteiger partial charge on any atom is -0.395 e. The quantitative estimate of drug-likeness (QED) is 0.881. The second-order valence-corrected chi connectivity index (χ2v) is 4.81. The first-order valence-corrected chi connectivity index (χ1v) is 6.50. The van der Waals surface area contributed by atoms with Gasteiger partial charge in [-0.1, -0.05) is 27.2 Å². The highest BCUT2D eigenvalue weighted by atomic mass is 79.9. The highest BCUT2D eigenvalue weighted by molar-refractivity contribution is 9.10. The lowest BCUT2D eigenvalue weighted by Crippen LogP contribution is -2.27. The fraction of sp³-hybridized carbons (Fsp3) is 0.250. The highest BCUT2D eigenvalue weighted by Crippen LogP contribution is 2.17. The molecule has 0 saturated carbocycles. The summed E-state index contributed by atoms with van der Waals surface area (Å²) in [6, 6.07) is 7.55. The summed E-state index contributed by atoms with van der Waals surface area (Å²) >= 11 is 3.39. The molecule has 0 fully saturated rings. The molecule has 6 nitrogen and oxygen atoms in total. The number of amides is 1. The van der Waals surface area contributed by atoms with Crippen molar-refractivity contribution in [3.05, 3.63) is 40.1 Å². The van der Waals surface area contributed by atoms with Crippen LogP contribution in [0.3, 0.4) is 0 Å². The van der Waals surface area contributed by atoms with Crippen molar-refractivity contribution in [2.24, 2.45) is 0 Å². The van der Waals surface area contributed by atoms with E-state index in [2.05, 4.69) is 31.6 Å². The van der Waals surface area contributed by atoms with Crippen molar-refractivity contribution < 1.29 is 9.90 Å². The summed E-state index contributed by atoms with van der Waals surface area (Å²) in [5.41, 5.74) is 1.72. The van der Waals surface area contributed by atoms with Gasteiger partial charge in [0, 0.05) is 11.0 Å². The Morgan fingerprint density at radius 3 is 3.00 bits per heavy atom. The van der Waals surface area contributed by atoms with Crippen LogP contribution in [0.15, 0.2) is 28.7 Å². The first-order chi connectivity index (χ1) is 9.13. The Balaban J connectivity index is 2.30. The molecule has 100 valence electrons. The summed E-state index contributed by atoms with van der Waals surface area (Å²) in [6.07, 6.45) is 0. The monoisotopic (exact) mass is 324 g/mol. The number of aliphatic hydroxyl groups excluding tert-OH is 1. The van der Waals surface area contributed by atoms with Gasteiger partial charge in [0.1, 0.15) is 0 Å². The molecular formula is C12H13BrN4O2. The van der Waals surface area contributed by atoms with Crippen molar-refractivity contribution in [1.29, 1.82) is 0 Å². The van der Waals surface area contributed by atoms with Gasteiger partial charge in [0.15, 0.2) is 5.69 Å². The van der Waals surface area contributed by atoms with E-state index in [9.17, 15) is 4.79 Å². The molecule has 2 rings (SSSR count). The molecule has 1 aromatic carbocycles. The van der Waals surface area contributed by atoms with Gasteiger partial charge in [-0.3, -0.25) is 4.79 Å². The number of carbonyl (C=O) groups is 1. The van der Waals surface area contributed by atoms with E-state index in [0.29, 0.717) is 5.69 Å². The number of benzene rings is 1. The number of carbonyl (C=O) groups excluding carboxylic acids is 1. The molecule has 0 radical (unpaired) electrons. The van der Waals surface area contributed by atoms with E-state index in [1.54, 1.807) is 11.6 Å². The Kier molecular flexibility index (Phi) is 4.28. The molecule has 0 aliphatic heterocycles. The number of aliphatic hydroxyl groups is 1. The van der Waals surface area contributed by atoms with Gasteiger partial charge in [-0.2, -0.15) is 0 Å². The highest BCUT2D eigenvalue weighted by Gasteiger charge is 2.16. The molecule has 7 heteroatoms. The van der Waals surface area contributed by atoms with E-state index in [1.165, 1.54) is 0 Å². The number of hydrogen-bond donors (Lipinski definition) is 2. The van der Waals surface area contributed by atoms with Crippen molar-refractivity contribution in [3.63, 3.8) is 0 Å². The lowest BCUT2D eigenvalue weighted by atomic mass is 10.3. The lowest BCUT2D eigenvalue weighted by Gasteiger charge is -2.04. The van der Waals surface area contributed by atoms with Gasteiger partial charge < -0.3 is 10.4 Å². The Hall–Kier alpha value is -1.73. The molecule has 2 N–H and O–H groups in total. The van der Waals surface area contributed by atoms with Crippen LogP contribution in [0.2, 0.25) is 0 Å². The molecule has 0 bridgehead atoms. The molecule has 1 heterocycles. The van der Waals surface area contributed by atoms with Crippen molar-refractivity contribution in [1.82, 2.24) is 20.3 Å². The summed E-state index contributed by atoms with van der Waals surface area (Å²) in [5.74, 6) is -0.340. The predicted octanol–water partition coefficient (Wildman–Crippen LogP) is 1.06. The molecule has 19 heavy (non-hydrogen) atoms. The topological polar surface area (TPSA) is 80.0 Å². The zero-order valence-electron chi connectivity index (χ0n) is 10.3. The second-order valence-electron chi connectivity index (χ2n) is 3.89. The van der Waals surface area contributed by atoms with Crippen molar-refractivity contribution in [2.75, 3.05) is 13.2 Å². The molecule has 0 aliphatic rings. The predicted molar refractivity (Wildman–Crippen MR) is 73.2 cm³/mol. The zero-order valence-corrected chi connectivity index (χ0v) is 11.9. The maximum Gasteiger partial charge on any atom is 0.273 e. The van der Waals surface area contributed by atoms with Gasteiger partial charge in [0.25, 0.3) is 5.91 Å². The maximum atomic E-state index is 11.8. The van der Waals surface area contributed by atoms with Crippen molar-refractivity contribution >= 4 is 21.8 Å². The first-order valence-electron chi connectivity index (χ1n) is 5.71. The van der Waals surface area contributed by atoms with Crippen LogP contribution in [0.5, 0.6) is 0 Å². The fourth-order valence-corrected chi connectivity index (χ4v) is 2.03. The first kappa shape index (κ1) is 13.7. The third kappa shape index (κ3) is 2.99. The Bertz CT molecular complexity index is 597. The smallest absolute Gasteiger partial charge is 0.273 e. The summed E-state index contributed by atoms with van der Waals surface area (Å²) in [7, 11) is 0. The molecule has 0 saturated heterocycles. The fourth-order valence-electron chi connectivity index (χ4n) is 1.65. The number of nitrogens with zero attached hydrogens (tertiary/aromatic N) is 3. The summed E-state index contributed by atoms with van der Waals surface area (Å²) in [5, 5.41) is 19.1. The van der Waals surface area contributed by atoms with Crippen LogP contribution in [0.25, 0.3) is 5.69 Å². The van der Waals surface area contributed by atoms with Gasteiger partial charge in [-0.25, -0.2) is 4.68 Å². The SMILES string of the molecule is Cc1c(C(=O)NCCO)nnn1-c1cccc(Br)c1. The number of hydrogen-bond acceptors (Lipinski definition) is 4. The van der Waals surface area contributed by atoms with E-state index in [4.69, 9.17) is 5.11 Å². The van der Waals surface area contributed by atoms with Crippen LogP contribution in [0, 0.1) is 6.92 Å².